The summed E-state index contributed by atoms with van der Waals surface area (Å²) in [6.07, 6.45) is 0.722. The van der Waals surface area contributed by atoms with Crippen LogP contribution < -0.4 is 5.56 Å². The molecule has 0 amide bonds. The van der Waals surface area contributed by atoms with E-state index >= 15 is 0 Å². The molecule has 194 valence electrons. The molecule has 5 aromatic rings. The van der Waals surface area contributed by atoms with Gasteiger partial charge in [-0.05, 0) is 71.1 Å². The average Bonchev–Trinajstić information content (AvgIpc) is 3.37. The van der Waals surface area contributed by atoms with Crippen molar-refractivity contribution in [1.82, 2.24) is 30.1 Å². The molecule has 0 aliphatic carbocycles. The van der Waals surface area contributed by atoms with Gasteiger partial charge in [0.1, 0.15) is 5.82 Å². The lowest BCUT2D eigenvalue weighted by Crippen LogP contribution is -2.32. The van der Waals surface area contributed by atoms with Gasteiger partial charge in [0.15, 0.2) is 5.82 Å². The number of hydrogen-bond donors (Lipinski definition) is 1. The summed E-state index contributed by atoms with van der Waals surface area (Å²) in [4.78, 5) is 18.6. The van der Waals surface area contributed by atoms with Crippen molar-refractivity contribution in [3.05, 3.63) is 123 Å². The minimum Gasteiger partial charge on any atom is -0.321 e. The largest absolute Gasteiger partial charge is 0.321 e. The van der Waals surface area contributed by atoms with Crippen molar-refractivity contribution in [1.29, 1.82) is 0 Å². The summed E-state index contributed by atoms with van der Waals surface area (Å²) >= 11 is 0. The lowest BCUT2D eigenvalue weighted by Gasteiger charge is -2.30. The van der Waals surface area contributed by atoms with Crippen molar-refractivity contribution in [2.24, 2.45) is 0 Å². The number of halogens is 1. The standard InChI is InChI=1S/C30H31FN6O/c1-4-27(29-33-34-35-37(29)18-22-8-6-5-7-9-22)36(17-23-12-14-25(31)15-13-23)19-24-16-26-20(2)10-11-21(3)28(26)32-30(24)38/h5-16,27H,4,17-19H2,1-3H3,(H,32,38)/t27-/m0/s1. The predicted octanol–water partition coefficient (Wildman–Crippen LogP) is 5.47. The lowest BCUT2D eigenvalue weighted by atomic mass is 10.0. The number of aryl methyl sites for hydroxylation is 2. The first kappa shape index (κ1) is 25.5. The van der Waals surface area contributed by atoms with Gasteiger partial charge >= 0.3 is 0 Å². The van der Waals surface area contributed by atoms with Crippen molar-refractivity contribution in [2.75, 3.05) is 0 Å². The average molecular weight is 511 g/mol. The summed E-state index contributed by atoms with van der Waals surface area (Å²) in [6, 6.07) is 22.4. The van der Waals surface area contributed by atoms with E-state index in [2.05, 4.69) is 38.4 Å². The number of nitrogens with one attached hydrogen (secondary N) is 1. The Bertz CT molecular complexity index is 1590. The number of tetrazole rings is 1. The molecule has 2 aromatic heterocycles. The lowest BCUT2D eigenvalue weighted by molar-refractivity contribution is 0.161. The van der Waals surface area contributed by atoms with Gasteiger partial charge in [-0.2, -0.15) is 0 Å². The smallest absolute Gasteiger partial charge is 0.252 e. The maximum absolute atomic E-state index is 13.7. The second kappa shape index (κ2) is 11.1. The molecule has 1 N–H and O–H groups in total. The Labute approximate surface area is 220 Å². The van der Waals surface area contributed by atoms with E-state index in [-0.39, 0.29) is 17.4 Å². The first-order valence-corrected chi connectivity index (χ1v) is 12.8. The van der Waals surface area contributed by atoms with Crippen LogP contribution in [0.25, 0.3) is 10.9 Å². The molecule has 3 aromatic carbocycles. The Morgan fingerprint density at radius 3 is 2.42 bits per heavy atom. The fourth-order valence-corrected chi connectivity index (χ4v) is 4.98. The highest BCUT2D eigenvalue weighted by Crippen LogP contribution is 2.28. The SMILES string of the molecule is CC[C@@H](c1nnnn1Cc1ccccc1)N(Cc1ccc(F)cc1)Cc1cc2c(C)ccc(C)c2[nH]c1=O. The number of benzene rings is 3. The minimum absolute atomic E-state index is 0.117. The number of hydrogen-bond acceptors (Lipinski definition) is 5. The van der Waals surface area contributed by atoms with Gasteiger partial charge in [0.2, 0.25) is 0 Å². The third-order valence-electron chi connectivity index (χ3n) is 7.05. The van der Waals surface area contributed by atoms with E-state index in [4.69, 9.17) is 0 Å². The van der Waals surface area contributed by atoms with Crippen molar-refractivity contribution < 1.29 is 4.39 Å². The van der Waals surface area contributed by atoms with Crippen LogP contribution in [-0.2, 0) is 19.6 Å². The van der Waals surface area contributed by atoms with Crippen LogP contribution in [0.3, 0.4) is 0 Å². The van der Waals surface area contributed by atoms with E-state index in [9.17, 15) is 9.18 Å². The number of aromatic amines is 1. The van der Waals surface area contributed by atoms with Crippen molar-refractivity contribution >= 4 is 10.9 Å². The molecule has 0 aliphatic heterocycles. The number of aromatic nitrogens is 5. The quantitative estimate of drug-likeness (QED) is 0.284. The van der Waals surface area contributed by atoms with Gasteiger partial charge in [0.05, 0.1) is 18.1 Å². The van der Waals surface area contributed by atoms with E-state index in [0.29, 0.717) is 25.2 Å². The van der Waals surface area contributed by atoms with Crippen LogP contribution >= 0.6 is 0 Å². The highest BCUT2D eigenvalue weighted by molar-refractivity contribution is 5.85. The number of nitrogens with zero attached hydrogens (tertiary/aromatic N) is 5. The molecule has 0 fully saturated rings. The van der Waals surface area contributed by atoms with Gasteiger partial charge in [-0.15, -0.1) is 5.10 Å². The normalized spacial score (nSPS) is 12.3. The highest BCUT2D eigenvalue weighted by Gasteiger charge is 2.26. The van der Waals surface area contributed by atoms with E-state index in [1.54, 1.807) is 12.1 Å². The molecule has 8 heteroatoms. The summed E-state index contributed by atoms with van der Waals surface area (Å²) in [7, 11) is 0. The van der Waals surface area contributed by atoms with Crippen LogP contribution in [0.1, 0.15) is 53.0 Å². The summed E-state index contributed by atoms with van der Waals surface area (Å²) in [5, 5.41) is 13.7. The molecule has 0 saturated carbocycles. The molecule has 5 rings (SSSR count). The van der Waals surface area contributed by atoms with Crippen molar-refractivity contribution in [3.8, 4) is 0 Å². The van der Waals surface area contributed by atoms with Gasteiger partial charge < -0.3 is 4.98 Å². The highest BCUT2D eigenvalue weighted by atomic mass is 19.1. The van der Waals surface area contributed by atoms with Gasteiger partial charge in [0.25, 0.3) is 5.56 Å². The van der Waals surface area contributed by atoms with E-state index < -0.39 is 0 Å². The molecule has 0 saturated heterocycles. The van der Waals surface area contributed by atoms with E-state index in [0.717, 1.165) is 45.4 Å². The van der Waals surface area contributed by atoms with Crippen LogP contribution in [0.2, 0.25) is 0 Å². The Morgan fingerprint density at radius 2 is 1.68 bits per heavy atom. The second-order valence-corrected chi connectivity index (χ2v) is 9.75. The molecule has 0 bridgehead atoms. The molecular weight excluding hydrogens is 479 g/mol. The molecular formula is C30H31FN6O. The molecule has 1 atom stereocenters. The minimum atomic E-state index is -0.282. The van der Waals surface area contributed by atoms with Crippen molar-refractivity contribution in [2.45, 2.75) is 52.9 Å². The zero-order valence-corrected chi connectivity index (χ0v) is 21.9. The molecule has 7 nitrogen and oxygen atoms in total. The van der Waals surface area contributed by atoms with Gasteiger partial charge in [0, 0.05) is 24.0 Å². The number of H-pyrrole nitrogens is 1. The maximum Gasteiger partial charge on any atom is 0.252 e. The fraction of sp³-hybridized carbons (Fsp3) is 0.267. The third kappa shape index (κ3) is 5.40. The first-order valence-electron chi connectivity index (χ1n) is 12.8. The van der Waals surface area contributed by atoms with Crippen LogP contribution in [0.15, 0.2) is 77.6 Å². The number of pyridine rings is 1. The zero-order valence-electron chi connectivity index (χ0n) is 21.9. The maximum atomic E-state index is 13.7. The molecule has 0 unspecified atom stereocenters. The second-order valence-electron chi connectivity index (χ2n) is 9.75. The van der Waals surface area contributed by atoms with E-state index in [1.165, 1.54) is 12.1 Å². The molecule has 0 aliphatic rings. The predicted molar refractivity (Wildman–Crippen MR) is 146 cm³/mol. The third-order valence-corrected chi connectivity index (χ3v) is 7.05. The van der Waals surface area contributed by atoms with Gasteiger partial charge in [-0.1, -0.05) is 61.5 Å². The molecule has 38 heavy (non-hydrogen) atoms. The van der Waals surface area contributed by atoms with Gasteiger partial charge in [-0.25, -0.2) is 9.07 Å². The van der Waals surface area contributed by atoms with Crippen LogP contribution in [0.5, 0.6) is 0 Å². The Kier molecular flexibility index (Phi) is 7.42. The van der Waals surface area contributed by atoms with Crippen molar-refractivity contribution in [3.63, 3.8) is 0 Å². The topological polar surface area (TPSA) is 79.7 Å². The monoisotopic (exact) mass is 510 g/mol. The summed E-state index contributed by atoms with van der Waals surface area (Å²) in [5.74, 6) is 0.443. The van der Waals surface area contributed by atoms with Crippen LogP contribution in [-0.4, -0.2) is 30.1 Å². The van der Waals surface area contributed by atoms with Gasteiger partial charge in [-0.3, -0.25) is 9.69 Å². The first-order chi connectivity index (χ1) is 18.4. The Morgan fingerprint density at radius 1 is 0.947 bits per heavy atom. The van der Waals surface area contributed by atoms with Crippen LogP contribution in [0.4, 0.5) is 4.39 Å². The molecule has 0 spiro atoms. The summed E-state index contributed by atoms with van der Waals surface area (Å²) < 4.78 is 15.5. The van der Waals surface area contributed by atoms with E-state index in [1.807, 2.05) is 61.0 Å². The Hall–Kier alpha value is -4.17. The Balaban J connectivity index is 1.54. The summed E-state index contributed by atoms with van der Waals surface area (Å²) in [5.41, 5.74) is 5.58. The molecule has 0 radical (unpaired) electrons. The van der Waals surface area contributed by atoms with Crippen LogP contribution in [0, 0.1) is 19.7 Å². The number of rotatable bonds is 9. The zero-order chi connectivity index (χ0) is 26.6. The fourth-order valence-electron chi connectivity index (χ4n) is 4.98. The number of fused-ring (bicyclic) bond motifs is 1. The summed E-state index contributed by atoms with van der Waals surface area (Å²) in [6.45, 7) is 7.56. The molecule has 2 heterocycles.